The van der Waals surface area contributed by atoms with Gasteiger partial charge in [0.15, 0.2) is 0 Å². The molecule has 0 amide bonds. The second-order valence-electron chi connectivity index (χ2n) is 5.16. The first-order chi connectivity index (χ1) is 9.28. The smallest absolute Gasteiger partial charge is 0.416 e. The molecule has 1 aliphatic rings. The van der Waals surface area contributed by atoms with Gasteiger partial charge in [-0.1, -0.05) is 6.92 Å². The number of halogens is 3. The van der Waals surface area contributed by atoms with E-state index >= 15 is 0 Å². The number of rotatable bonds is 3. The lowest BCUT2D eigenvalue weighted by atomic mass is 9.84. The maximum atomic E-state index is 12.5. The van der Waals surface area contributed by atoms with Crippen LogP contribution < -0.4 is 4.90 Å². The normalized spacial score (nSPS) is 23.1. The number of anilines is 1. The molecule has 0 aromatic heterocycles. The van der Waals surface area contributed by atoms with Crippen molar-refractivity contribution in [2.75, 3.05) is 18.0 Å². The van der Waals surface area contributed by atoms with Crippen molar-refractivity contribution in [3.05, 3.63) is 29.8 Å². The SMILES string of the molecule is CCC1(C(=O)O)CCN(c2ccc(C(F)(F)F)cc2)C1. The summed E-state index contributed by atoms with van der Waals surface area (Å²) in [4.78, 5) is 13.2. The lowest BCUT2D eigenvalue weighted by Gasteiger charge is -2.24. The molecule has 1 N–H and O–H groups in total. The molecule has 0 saturated carbocycles. The molecule has 1 unspecified atom stereocenters. The number of hydrogen-bond acceptors (Lipinski definition) is 2. The predicted octanol–water partition coefficient (Wildman–Crippen LogP) is 3.40. The third-order valence-electron chi connectivity index (χ3n) is 4.04. The zero-order chi connectivity index (χ0) is 15.0. The van der Waals surface area contributed by atoms with Gasteiger partial charge in [-0.25, -0.2) is 0 Å². The third kappa shape index (κ3) is 2.59. The highest BCUT2D eigenvalue weighted by molar-refractivity contribution is 5.76. The van der Waals surface area contributed by atoms with Crippen LogP contribution in [0.5, 0.6) is 0 Å². The quantitative estimate of drug-likeness (QED) is 0.926. The minimum atomic E-state index is -4.35. The van der Waals surface area contributed by atoms with E-state index in [9.17, 15) is 23.1 Å². The molecule has 2 rings (SSSR count). The maximum Gasteiger partial charge on any atom is 0.416 e. The molecule has 1 saturated heterocycles. The van der Waals surface area contributed by atoms with Crippen molar-refractivity contribution in [2.45, 2.75) is 25.9 Å². The van der Waals surface area contributed by atoms with Crippen LogP contribution in [0.2, 0.25) is 0 Å². The summed E-state index contributed by atoms with van der Waals surface area (Å²) < 4.78 is 37.5. The summed E-state index contributed by atoms with van der Waals surface area (Å²) >= 11 is 0. The molecule has 1 aromatic carbocycles. The van der Waals surface area contributed by atoms with Gasteiger partial charge in [-0.3, -0.25) is 4.79 Å². The lowest BCUT2D eigenvalue weighted by molar-refractivity contribution is -0.147. The van der Waals surface area contributed by atoms with Gasteiger partial charge in [-0.2, -0.15) is 13.2 Å². The molecule has 0 aliphatic carbocycles. The highest BCUT2D eigenvalue weighted by atomic mass is 19.4. The van der Waals surface area contributed by atoms with Gasteiger partial charge in [0.2, 0.25) is 0 Å². The summed E-state index contributed by atoms with van der Waals surface area (Å²) in [7, 11) is 0. The summed E-state index contributed by atoms with van der Waals surface area (Å²) in [6.07, 6.45) is -3.32. The molecule has 1 aromatic rings. The van der Waals surface area contributed by atoms with E-state index in [0.717, 1.165) is 12.1 Å². The summed E-state index contributed by atoms with van der Waals surface area (Å²) in [5, 5.41) is 9.30. The van der Waals surface area contributed by atoms with Crippen molar-refractivity contribution in [1.82, 2.24) is 0 Å². The lowest BCUT2D eigenvalue weighted by Crippen LogP contribution is -2.34. The largest absolute Gasteiger partial charge is 0.481 e. The molecule has 20 heavy (non-hydrogen) atoms. The van der Waals surface area contributed by atoms with E-state index in [1.165, 1.54) is 12.1 Å². The van der Waals surface area contributed by atoms with Crippen LogP contribution in [0.15, 0.2) is 24.3 Å². The van der Waals surface area contributed by atoms with Crippen LogP contribution in [0.4, 0.5) is 18.9 Å². The van der Waals surface area contributed by atoms with E-state index in [4.69, 9.17) is 0 Å². The zero-order valence-electron chi connectivity index (χ0n) is 11.1. The minimum Gasteiger partial charge on any atom is -0.481 e. The molecule has 1 fully saturated rings. The molecule has 110 valence electrons. The first kappa shape index (κ1) is 14.7. The average molecular weight is 287 g/mol. The number of carbonyl (C=O) groups is 1. The molecule has 3 nitrogen and oxygen atoms in total. The zero-order valence-corrected chi connectivity index (χ0v) is 11.1. The van der Waals surface area contributed by atoms with Gasteiger partial charge in [-0.15, -0.1) is 0 Å². The third-order valence-corrected chi connectivity index (χ3v) is 4.04. The minimum absolute atomic E-state index is 0.337. The van der Waals surface area contributed by atoms with Gasteiger partial charge in [0.1, 0.15) is 0 Å². The summed E-state index contributed by atoms with van der Waals surface area (Å²) in [5.41, 5.74) is -0.849. The van der Waals surface area contributed by atoms with E-state index in [2.05, 4.69) is 0 Å². The first-order valence-corrected chi connectivity index (χ1v) is 6.44. The highest BCUT2D eigenvalue weighted by Crippen LogP contribution is 2.37. The molecule has 1 heterocycles. The summed E-state index contributed by atoms with van der Waals surface area (Å²) in [6.45, 7) is 2.71. The topological polar surface area (TPSA) is 40.5 Å². The van der Waals surface area contributed by atoms with Crippen LogP contribution in [0.1, 0.15) is 25.3 Å². The number of hydrogen-bond donors (Lipinski definition) is 1. The fraction of sp³-hybridized carbons (Fsp3) is 0.500. The van der Waals surface area contributed by atoms with Crippen LogP contribution in [-0.2, 0) is 11.0 Å². The average Bonchev–Trinajstić information content (AvgIpc) is 2.83. The standard InChI is InChI=1S/C14H16F3NO2/c1-2-13(12(19)20)7-8-18(9-13)11-5-3-10(4-6-11)14(15,16)17/h3-6H,2,7-9H2,1H3,(H,19,20). The Balaban J connectivity index is 2.17. The monoisotopic (exact) mass is 287 g/mol. The number of alkyl halides is 3. The molecule has 6 heteroatoms. The second kappa shape index (κ2) is 5.00. The van der Waals surface area contributed by atoms with E-state index in [1.54, 1.807) is 0 Å². The van der Waals surface area contributed by atoms with E-state index in [1.807, 2.05) is 11.8 Å². The number of carboxylic acids is 1. The van der Waals surface area contributed by atoms with Crippen LogP contribution in [0.25, 0.3) is 0 Å². The Hall–Kier alpha value is -1.72. The van der Waals surface area contributed by atoms with Gasteiger partial charge in [0.05, 0.1) is 11.0 Å². The number of aliphatic carboxylic acids is 1. The van der Waals surface area contributed by atoms with Gasteiger partial charge in [0, 0.05) is 18.8 Å². The van der Waals surface area contributed by atoms with Crippen LogP contribution in [0, 0.1) is 5.41 Å². The number of nitrogens with zero attached hydrogens (tertiary/aromatic N) is 1. The van der Waals surface area contributed by atoms with Crippen molar-refractivity contribution >= 4 is 11.7 Å². The van der Waals surface area contributed by atoms with Crippen molar-refractivity contribution < 1.29 is 23.1 Å². The molecule has 0 radical (unpaired) electrons. The van der Waals surface area contributed by atoms with Gasteiger partial charge < -0.3 is 10.0 Å². The summed E-state index contributed by atoms with van der Waals surface area (Å²) in [5.74, 6) is -0.839. The van der Waals surface area contributed by atoms with Crippen LogP contribution in [-0.4, -0.2) is 24.2 Å². The maximum absolute atomic E-state index is 12.5. The van der Waals surface area contributed by atoms with Crippen molar-refractivity contribution in [2.24, 2.45) is 5.41 Å². The second-order valence-corrected chi connectivity index (χ2v) is 5.16. The predicted molar refractivity (Wildman–Crippen MR) is 68.6 cm³/mol. The Kier molecular flexibility index (Phi) is 3.67. The highest BCUT2D eigenvalue weighted by Gasteiger charge is 2.43. The molecule has 1 aliphatic heterocycles. The molecule has 0 bridgehead atoms. The van der Waals surface area contributed by atoms with Gasteiger partial charge >= 0.3 is 12.1 Å². The Morgan fingerprint density at radius 1 is 1.35 bits per heavy atom. The fourth-order valence-corrected chi connectivity index (χ4v) is 2.57. The van der Waals surface area contributed by atoms with Gasteiger partial charge in [0.25, 0.3) is 0 Å². The molecular formula is C14H16F3NO2. The van der Waals surface area contributed by atoms with E-state index in [0.29, 0.717) is 31.6 Å². The fourth-order valence-electron chi connectivity index (χ4n) is 2.57. The first-order valence-electron chi connectivity index (χ1n) is 6.44. The number of carboxylic acid groups (broad SMARTS) is 1. The Bertz CT molecular complexity index is 498. The van der Waals surface area contributed by atoms with Gasteiger partial charge in [-0.05, 0) is 37.1 Å². The van der Waals surface area contributed by atoms with Crippen molar-refractivity contribution in [3.8, 4) is 0 Å². The molecular weight excluding hydrogens is 271 g/mol. The Morgan fingerprint density at radius 2 is 1.95 bits per heavy atom. The summed E-state index contributed by atoms with van der Waals surface area (Å²) in [6, 6.07) is 4.86. The van der Waals surface area contributed by atoms with Crippen molar-refractivity contribution in [3.63, 3.8) is 0 Å². The Labute approximate surface area is 115 Å². The van der Waals surface area contributed by atoms with Crippen molar-refractivity contribution in [1.29, 1.82) is 0 Å². The molecule has 0 spiro atoms. The van der Waals surface area contributed by atoms with Crippen LogP contribution in [0.3, 0.4) is 0 Å². The van der Waals surface area contributed by atoms with E-state index < -0.39 is 23.1 Å². The number of benzene rings is 1. The molecule has 1 atom stereocenters. The van der Waals surface area contributed by atoms with Crippen LogP contribution >= 0.6 is 0 Å². The Morgan fingerprint density at radius 3 is 2.35 bits per heavy atom. The van der Waals surface area contributed by atoms with E-state index in [-0.39, 0.29) is 0 Å².